The number of aromatic nitrogens is 2. The van der Waals surface area contributed by atoms with E-state index in [1.54, 1.807) is 16.9 Å². The van der Waals surface area contributed by atoms with Crippen molar-refractivity contribution in [1.29, 1.82) is 0 Å². The molecular formula is C20H30N4O4. The fraction of sp³-hybridized carbons (Fsp3) is 0.450. The summed E-state index contributed by atoms with van der Waals surface area (Å²) in [5, 5.41) is 9.13. The van der Waals surface area contributed by atoms with Crippen LogP contribution in [0.3, 0.4) is 0 Å². The van der Waals surface area contributed by atoms with Gasteiger partial charge in [0.15, 0.2) is 5.82 Å². The molecule has 8 heteroatoms. The zero-order valence-corrected chi connectivity index (χ0v) is 16.7. The molecule has 0 spiro atoms. The van der Waals surface area contributed by atoms with Crippen LogP contribution < -0.4 is 9.64 Å². The first-order chi connectivity index (χ1) is 13.6. The predicted molar refractivity (Wildman–Crippen MR) is 109 cm³/mol. The number of carbonyl (C=O) groups is 2. The molecule has 0 saturated heterocycles. The Hall–Kier alpha value is -2.87. The number of hydrogen-bond donors (Lipinski definition) is 1. The van der Waals surface area contributed by atoms with Crippen molar-refractivity contribution < 1.29 is 20.9 Å². The molecular weight excluding hydrogens is 360 g/mol. The Morgan fingerprint density at radius 2 is 1.96 bits per heavy atom. The van der Waals surface area contributed by atoms with Gasteiger partial charge in [0.1, 0.15) is 6.79 Å². The minimum absolute atomic E-state index is 0. The second-order valence-corrected chi connectivity index (χ2v) is 6.47. The Labute approximate surface area is 166 Å². The summed E-state index contributed by atoms with van der Waals surface area (Å²) in [7, 11) is 1.60. The molecule has 0 fully saturated rings. The molecule has 2 heterocycles. The number of aliphatic hydroxyl groups is 1. The average molecular weight is 390 g/mol. The third-order valence-electron chi connectivity index (χ3n) is 4.66. The second-order valence-electron chi connectivity index (χ2n) is 6.47. The number of aliphatic hydroxyl groups excluding tert-OH is 1. The van der Waals surface area contributed by atoms with Crippen LogP contribution in [0.25, 0.3) is 0 Å². The Balaban J connectivity index is 0.00000136. The van der Waals surface area contributed by atoms with Crippen LogP contribution in [0.5, 0.6) is 6.01 Å². The van der Waals surface area contributed by atoms with Crippen LogP contribution in [-0.2, 0) is 17.9 Å². The van der Waals surface area contributed by atoms with E-state index in [4.69, 9.17) is 14.6 Å². The molecule has 2 aromatic rings. The van der Waals surface area contributed by atoms with E-state index in [0.29, 0.717) is 44.4 Å². The summed E-state index contributed by atoms with van der Waals surface area (Å²) >= 11 is 0. The van der Waals surface area contributed by atoms with Crippen molar-refractivity contribution in [3.05, 3.63) is 41.1 Å². The summed E-state index contributed by atoms with van der Waals surface area (Å²) in [6.45, 7) is 8.21. The van der Waals surface area contributed by atoms with Crippen molar-refractivity contribution in [2.24, 2.45) is 0 Å². The maximum atomic E-state index is 12.7. The molecule has 0 bridgehead atoms. The van der Waals surface area contributed by atoms with Crippen molar-refractivity contribution in [3.63, 3.8) is 0 Å². The quantitative estimate of drug-likeness (QED) is 0.785. The number of anilines is 1. The van der Waals surface area contributed by atoms with Crippen LogP contribution in [0.1, 0.15) is 31.6 Å². The second kappa shape index (κ2) is 9.89. The van der Waals surface area contributed by atoms with Gasteiger partial charge < -0.3 is 19.5 Å². The summed E-state index contributed by atoms with van der Waals surface area (Å²) in [6, 6.07) is 8.79. The van der Waals surface area contributed by atoms with Crippen molar-refractivity contribution in [2.75, 3.05) is 31.7 Å². The van der Waals surface area contributed by atoms with Gasteiger partial charge >= 0.3 is 6.03 Å². The fourth-order valence-corrected chi connectivity index (χ4v) is 3.25. The monoisotopic (exact) mass is 390 g/mol. The van der Waals surface area contributed by atoms with E-state index in [2.05, 4.69) is 36.2 Å². The molecule has 154 valence electrons. The molecule has 1 aliphatic rings. The largest absolute Gasteiger partial charge is 0.468 e. The maximum absolute atomic E-state index is 12.7. The Bertz CT molecular complexity index is 795. The first kappa shape index (κ1) is 21.4. The third kappa shape index (κ3) is 4.33. The molecule has 1 aliphatic heterocycles. The van der Waals surface area contributed by atoms with E-state index in [1.807, 2.05) is 18.3 Å². The number of amides is 2. The summed E-state index contributed by atoms with van der Waals surface area (Å²) in [4.78, 5) is 28.7. The van der Waals surface area contributed by atoms with Crippen molar-refractivity contribution >= 4 is 18.6 Å². The van der Waals surface area contributed by atoms with Crippen LogP contribution in [0.2, 0.25) is 0 Å². The number of nitrogens with zero attached hydrogens (tertiary/aromatic N) is 4. The average Bonchev–Trinajstić information content (AvgIpc) is 3.06. The van der Waals surface area contributed by atoms with Gasteiger partial charge in [-0.3, -0.25) is 9.47 Å². The highest BCUT2D eigenvalue weighted by molar-refractivity contribution is 5.93. The highest BCUT2D eigenvalue weighted by Gasteiger charge is 2.34. The van der Waals surface area contributed by atoms with Crippen molar-refractivity contribution in [2.45, 2.75) is 33.4 Å². The van der Waals surface area contributed by atoms with E-state index >= 15 is 0 Å². The lowest BCUT2D eigenvalue weighted by atomic mass is 10.1. The SMILES string of the molecule is C=O.CCN1C(=O)N(CCCO)Cc2c1nc(OC)n2Cc1ccc(C)cc1.[HH]. The fourth-order valence-electron chi connectivity index (χ4n) is 3.25. The lowest BCUT2D eigenvalue weighted by Gasteiger charge is -2.34. The Morgan fingerprint density at radius 3 is 2.54 bits per heavy atom. The molecule has 0 saturated carbocycles. The summed E-state index contributed by atoms with van der Waals surface area (Å²) in [5.74, 6) is 0.668. The topological polar surface area (TPSA) is 87.9 Å². The molecule has 3 rings (SSSR count). The Kier molecular flexibility index (Phi) is 7.57. The molecule has 0 aliphatic carbocycles. The molecule has 0 unspecified atom stereocenters. The van der Waals surface area contributed by atoms with Gasteiger partial charge in [-0.05, 0) is 25.8 Å². The number of carbonyl (C=O) groups excluding carboxylic acids is 2. The van der Waals surface area contributed by atoms with Crippen LogP contribution in [-0.4, -0.2) is 59.2 Å². The number of imidazole rings is 1. The summed E-state index contributed by atoms with van der Waals surface area (Å²) < 4.78 is 7.52. The van der Waals surface area contributed by atoms with Gasteiger partial charge in [-0.2, -0.15) is 4.98 Å². The lowest BCUT2D eigenvalue weighted by molar-refractivity contribution is -0.0980. The molecule has 28 heavy (non-hydrogen) atoms. The van der Waals surface area contributed by atoms with Crippen LogP contribution in [0.4, 0.5) is 10.6 Å². The number of aryl methyl sites for hydroxylation is 1. The smallest absolute Gasteiger partial charge is 0.326 e. The lowest BCUT2D eigenvalue weighted by Crippen LogP contribution is -2.48. The number of hydrogen-bond acceptors (Lipinski definition) is 5. The first-order valence-electron chi connectivity index (χ1n) is 9.24. The first-order valence-corrected chi connectivity index (χ1v) is 9.24. The highest BCUT2D eigenvalue weighted by Crippen LogP contribution is 2.32. The number of rotatable bonds is 7. The van der Waals surface area contributed by atoms with Gasteiger partial charge in [-0.25, -0.2) is 4.79 Å². The maximum Gasteiger partial charge on any atom is 0.326 e. The third-order valence-corrected chi connectivity index (χ3v) is 4.66. The van der Waals surface area contributed by atoms with Crippen molar-refractivity contribution in [3.8, 4) is 6.01 Å². The van der Waals surface area contributed by atoms with Crippen molar-refractivity contribution in [1.82, 2.24) is 14.5 Å². The Morgan fingerprint density at radius 1 is 1.29 bits per heavy atom. The molecule has 8 nitrogen and oxygen atoms in total. The van der Waals surface area contributed by atoms with Crippen LogP contribution >= 0.6 is 0 Å². The number of fused-ring (bicyclic) bond motifs is 1. The van der Waals surface area contributed by atoms with E-state index in [0.717, 1.165) is 11.3 Å². The predicted octanol–water partition coefficient (Wildman–Crippen LogP) is 2.45. The number of urea groups is 1. The molecule has 0 atom stereocenters. The number of methoxy groups -OCH3 is 1. The zero-order valence-electron chi connectivity index (χ0n) is 16.7. The number of benzene rings is 1. The van der Waals surface area contributed by atoms with E-state index < -0.39 is 0 Å². The van der Waals surface area contributed by atoms with Gasteiger partial charge in [0.25, 0.3) is 6.01 Å². The normalized spacial score (nSPS) is 13.1. The minimum Gasteiger partial charge on any atom is -0.468 e. The zero-order chi connectivity index (χ0) is 20.7. The molecule has 1 aromatic heterocycles. The summed E-state index contributed by atoms with van der Waals surface area (Å²) in [6.07, 6.45) is 0.557. The van der Waals surface area contributed by atoms with E-state index in [-0.39, 0.29) is 14.1 Å². The highest BCUT2D eigenvalue weighted by atomic mass is 16.5. The molecule has 2 amide bonds. The van der Waals surface area contributed by atoms with E-state index in [9.17, 15) is 4.79 Å². The molecule has 0 radical (unpaired) electrons. The van der Waals surface area contributed by atoms with Gasteiger partial charge in [0, 0.05) is 21.1 Å². The van der Waals surface area contributed by atoms with Crippen LogP contribution in [0, 0.1) is 6.92 Å². The molecule has 1 aromatic carbocycles. The molecule has 1 N–H and O–H groups in total. The number of ether oxygens (including phenoxy) is 1. The van der Waals surface area contributed by atoms with E-state index in [1.165, 1.54) is 5.56 Å². The van der Waals surface area contributed by atoms with Gasteiger partial charge in [0.2, 0.25) is 0 Å². The standard InChI is InChI=1S/C19H26N4O3.CH2O.H2/c1-4-22-17-16(13-21(19(22)25)10-5-11-24)23(18(20-17)26-3)12-15-8-6-14(2)7-9-15;1-2;/h6-9,24H,4-5,10-13H2,1-3H3;1H2;1H. The van der Waals surface area contributed by atoms with Gasteiger partial charge in [0.05, 0.1) is 25.9 Å². The van der Waals surface area contributed by atoms with Gasteiger partial charge in [-0.15, -0.1) is 0 Å². The van der Waals surface area contributed by atoms with Crippen LogP contribution in [0.15, 0.2) is 24.3 Å². The summed E-state index contributed by atoms with van der Waals surface area (Å²) in [5.41, 5.74) is 3.32. The minimum atomic E-state index is -0.0731. The van der Waals surface area contributed by atoms with Gasteiger partial charge in [-0.1, -0.05) is 29.8 Å².